The minimum absolute atomic E-state index is 0.120. The number of rotatable bonds is 8. The fourth-order valence-corrected chi connectivity index (χ4v) is 4.04. The maximum Gasteiger partial charge on any atom is 0.190 e. The van der Waals surface area contributed by atoms with Crippen LogP contribution >= 0.6 is 0 Å². The van der Waals surface area contributed by atoms with Gasteiger partial charge in [0.25, 0.3) is 0 Å². The van der Waals surface area contributed by atoms with Crippen molar-refractivity contribution in [3.8, 4) is 39.1 Å². The third-order valence-electron chi connectivity index (χ3n) is 6.07. The largest absolute Gasteiger partial charge is 0.488 e. The first-order valence-corrected chi connectivity index (χ1v) is 12.0. The Kier molecular flexibility index (Phi) is 8.25. The van der Waals surface area contributed by atoms with Gasteiger partial charge in [-0.3, -0.25) is 0 Å². The number of benzene rings is 4. The lowest BCUT2D eigenvalue weighted by molar-refractivity contribution is 0.279. The van der Waals surface area contributed by atoms with Gasteiger partial charge in [0.15, 0.2) is 23.2 Å². The number of allylic oxidation sites excluding steroid dienone is 1. The van der Waals surface area contributed by atoms with E-state index in [0.717, 1.165) is 48.7 Å². The van der Waals surface area contributed by atoms with Crippen LogP contribution in [0.2, 0.25) is 0 Å². The van der Waals surface area contributed by atoms with E-state index in [9.17, 15) is 17.6 Å². The normalized spacial score (nSPS) is 11.9. The van der Waals surface area contributed by atoms with Crippen molar-refractivity contribution in [1.82, 2.24) is 0 Å². The molecule has 0 aliphatic carbocycles. The third kappa shape index (κ3) is 5.77. The zero-order valence-corrected chi connectivity index (χ0v) is 20.7. The van der Waals surface area contributed by atoms with E-state index < -0.39 is 46.2 Å². The van der Waals surface area contributed by atoms with E-state index in [1.54, 1.807) is 36.4 Å². The van der Waals surface area contributed by atoms with E-state index in [1.807, 2.05) is 6.92 Å². The van der Waals surface area contributed by atoms with Crippen LogP contribution in [0.3, 0.4) is 0 Å². The molecule has 0 spiro atoms. The zero-order valence-electron chi connectivity index (χ0n) is 20.7. The smallest absolute Gasteiger partial charge is 0.190 e. The predicted molar refractivity (Wildman–Crippen MR) is 138 cm³/mol. The molecule has 0 atom stereocenters. The molecule has 0 aromatic heterocycles. The molecule has 0 saturated heterocycles. The van der Waals surface area contributed by atoms with Crippen molar-refractivity contribution in [3.63, 3.8) is 0 Å². The highest BCUT2D eigenvalue weighted by molar-refractivity contribution is 5.75. The van der Waals surface area contributed by atoms with Gasteiger partial charge in [0.1, 0.15) is 17.5 Å². The molecular weight excluding hydrogens is 502 g/mol. The molecule has 0 fully saturated rings. The lowest BCUT2D eigenvalue weighted by Crippen LogP contribution is -2.02. The van der Waals surface area contributed by atoms with Gasteiger partial charge in [-0.05, 0) is 65.4 Å². The van der Waals surface area contributed by atoms with Crippen LogP contribution in [0.1, 0.15) is 32.3 Å². The monoisotopic (exact) mass is 526 g/mol. The summed E-state index contributed by atoms with van der Waals surface area (Å²) in [6, 6.07) is 16.8. The molecule has 0 heterocycles. The van der Waals surface area contributed by atoms with Gasteiger partial charge in [-0.15, -0.1) is 0 Å². The van der Waals surface area contributed by atoms with Gasteiger partial charge >= 0.3 is 0 Å². The average Bonchev–Trinajstić information content (AvgIpc) is 2.89. The Bertz CT molecular complexity index is 1420. The van der Waals surface area contributed by atoms with Gasteiger partial charge < -0.3 is 4.74 Å². The molecule has 0 aliphatic rings. The van der Waals surface area contributed by atoms with Crippen molar-refractivity contribution in [2.24, 2.45) is 0 Å². The van der Waals surface area contributed by atoms with E-state index in [2.05, 4.69) is 0 Å². The van der Waals surface area contributed by atoms with Crippen LogP contribution in [0.25, 0.3) is 39.2 Å². The third-order valence-corrected chi connectivity index (χ3v) is 6.07. The van der Waals surface area contributed by atoms with Crippen molar-refractivity contribution >= 4 is 5.83 Å². The molecule has 1 nitrogen and oxygen atoms in total. The van der Waals surface area contributed by atoms with Crippen LogP contribution in [0.5, 0.6) is 5.75 Å². The summed E-state index contributed by atoms with van der Waals surface area (Å²) in [5, 5.41) is 0. The Morgan fingerprint density at radius 2 is 1.08 bits per heavy atom. The fraction of sp³-hybridized carbons (Fsp3) is 0.161. The molecule has 7 heteroatoms. The molecule has 4 rings (SSSR count). The highest BCUT2D eigenvalue weighted by Crippen LogP contribution is 2.35. The second-order valence-electron chi connectivity index (χ2n) is 8.79. The highest BCUT2D eigenvalue weighted by atomic mass is 19.2. The van der Waals surface area contributed by atoms with Gasteiger partial charge in [0.05, 0.1) is 12.2 Å². The Morgan fingerprint density at radius 1 is 0.632 bits per heavy atom. The number of hydrogen-bond acceptors (Lipinski definition) is 1. The first-order chi connectivity index (χ1) is 18.2. The summed E-state index contributed by atoms with van der Waals surface area (Å²) in [5.74, 6) is -6.44. The molecule has 0 N–H and O–H groups in total. The molecule has 196 valence electrons. The summed E-state index contributed by atoms with van der Waals surface area (Å²) < 4.78 is 90.9. The standard InChI is InChI=1S/C31H24F6O/c1-3-4-13-38-31-27(35)16-24(17-28(31)36)29-25(33)14-23(15-26(29)34)21-7-5-19(6-8-21)20-9-11-22(12-10-20)30(37)18(2)32/h5-12,14-17H,3-4,13H2,1-2H3/b30-18+. The summed E-state index contributed by atoms with van der Waals surface area (Å²) >= 11 is 0. The molecule has 0 aliphatic heterocycles. The molecule has 0 radical (unpaired) electrons. The molecule has 0 unspecified atom stereocenters. The van der Waals surface area contributed by atoms with Crippen LogP contribution in [0.4, 0.5) is 26.3 Å². The van der Waals surface area contributed by atoms with Crippen molar-refractivity contribution in [1.29, 1.82) is 0 Å². The Hall–Kier alpha value is -4.00. The lowest BCUT2D eigenvalue weighted by Gasteiger charge is -2.12. The lowest BCUT2D eigenvalue weighted by atomic mass is 9.96. The Morgan fingerprint density at radius 3 is 1.55 bits per heavy atom. The quantitative estimate of drug-likeness (QED) is 0.164. The number of unbranched alkanes of at least 4 members (excludes halogenated alkanes) is 1. The second-order valence-corrected chi connectivity index (χ2v) is 8.79. The van der Waals surface area contributed by atoms with Gasteiger partial charge in [-0.1, -0.05) is 61.9 Å². The Balaban J connectivity index is 1.59. The van der Waals surface area contributed by atoms with Gasteiger partial charge in [-0.2, -0.15) is 0 Å². The first-order valence-electron chi connectivity index (χ1n) is 12.0. The van der Waals surface area contributed by atoms with Gasteiger partial charge in [-0.25, -0.2) is 26.3 Å². The number of ether oxygens (including phenoxy) is 1. The van der Waals surface area contributed by atoms with Crippen LogP contribution in [0.15, 0.2) is 78.6 Å². The maximum atomic E-state index is 15.0. The van der Waals surface area contributed by atoms with Crippen LogP contribution in [-0.4, -0.2) is 6.61 Å². The van der Waals surface area contributed by atoms with Crippen molar-refractivity contribution in [3.05, 3.63) is 107 Å². The number of halogens is 6. The summed E-state index contributed by atoms with van der Waals surface area (Å²) in [7, 11) is 0. The molecular formula is C31H24F6O. The summed E-state index contributed by atoms with van der Waals surface area (Å²) in [6.45, 7) is 3.07. The zero-order chi connectivity index (χ0) is 27.4. The van der Waals surface area contributed by atoms with Crippen molar-refractivity contribution < 1.29 is 31.1 Å². The van der Waals surface area contributed by atoms with E-state index in [0.29, 0.717) is 12.0 Å². The fourth-order valence-electron chi connectivity index (χ4n) is 4.04. The highest BCUT2D eigenvalue weighted by Gasteiger charge is 2.19. The molecule has 0 amide bonds. The van der Waals surface area contributed by atoms with E-state index >= 15 is 8.78 Å². The number of hydrogen-bond donors (Lipinski definition) is 0. The van der Waals surface area contributed by atoms with Crippen LogP contribution < -0.4 is 4.74 Å². The summed E-state index contributed by atoms with van der Waals surface area (Å²) in [6.07, 6.45) is 1.39. The van der Waals surface area contributed by atoms with Crippen molar-refractivity contribution in [2.75, 3.05) is 6.61 Å². The predicted octanol–water partition coefficient (Wildman–Crippen LogP) is 10.1. The molecule has 38 heavy (non-hydrogen) atoms. The summed E-state index contributed by atoms with van der Waals surface area (Å²) in [5.41, 5.74) is 1.53. The van der Waals surface area contributed by atoms with E-state index in [-0.39, 0.29) is 23.3 Å². The first kappa shape index (κ1) is 27.0. The van der Waals surface area contributed by atoms with E-state index in [4.69, 9.17) is 4.74 Å². The van der Waals surface area contributed by atoms with E-state index in [1.165, 1.54) is 12.1 Å². The summed E-state index contributed by atoms with van der Waals surface area (Å²) in [4.78, 5) is 0. The topological polar surface area (TPSA) is 9.23 Å². The maximum absolute atomic E-state index is 15.0. The molecule has 4 aromatic rings. The van der Waals surface area contributed by atoms with Gasteiger partial charge in [0, 0.05) is 5.56 Å². The average molecular weight is 527 g/mol. The molecule has 4 aromatic carbocycles. The Labute approximate surface area is 217 Å². The van der Waals surface area contributed by atoms with Crippen molar-refractivity contribution in [2.45, 2.75) is 26.7 Å². The van der Waals surface area contributed by atoms with Gasteiger partial charge in [0.2, 0.25) is 0 Å². The molecule has 0 saturated carbocycles. The molecule has 0 bridgehead atoms. The van der Waals surface area contributed by atoms with Crippen LogP contribution in [-0.2, 0) is 0 Å². The minimum atomic E-state index is -1.04. The minimum Gasteiger partial charge on any atom is -0.488 e. The van der Waals surface area contributed by atoms with Crippen LogP contribution in [0, 0.1) is 23.3 Å². The second kappa shape index (κ2) is 11.6. The SMILES string of the molecule is CCCCOc1c(F)cc(-c2c(F)cc(-c3ccc(-c4ccc(/C(F)=C(/C)F)cc4)cc3)cc2F)cc1F.